The molecule has 0 spiro atoms. The predicted octanol–water partition coefficient (Wildman–Crippen LogP) is 3.80. The summed E-state index contributed by atoms with van der Waals surface area (Å²) >= 11 is 7.74. The largest absolute Gasteiger partial charge is 0.454 e. The monoisotopic (exact) mass is 494 g/mol. The number of esters is 1. The van der Waals surface area contributed by atoms with Crippen molar-refractivity contribution in [1.82, 2.24) is 14.3 Å². The van der Waals surface area contributed by atoms with Crippen LogP contribution in [0.3, 0.4) is 0 Å². The number of rotatable bonds is 5. The molecule has 3 aromatic rings. The van der Waals surface area contributed by atoms with Crippen LogP contribution in [0, 0.1) is 0 Å². The van der Waals surface area contributed by atoms with Gasteiger partial charge in [0.05, 0.1) is 20.9 Å². The molecule has 2 heterocycles. The summed E-state index contributed by atoms with van der Waals surface area (Å²) in [5.41, 5.74) is 7.43. The van der Waals surface area contributed by atoms with Crippen LogP contribution in [-0.4, -0.2) is 42.8 Å². The van der Waals surface area contributed by atoms with Crippen LogP contribution in [0.4, 0.5) is 5.82 Å². The molecule has 8 nitrogen and oxygen atoms in total. The molecule has 0 fully saturated rings. The number of thiophene rings is 1. The van der Waals surface area contributed by atoms with Gasteiger partial charge in [-0.05, 0) is 49.4 Å². The number of hydrogen-bond acceptors (Lipinski definition) is 8. The second-order valence-electron chi connectivity index (χ2n) is 7.77. The number of aryl methyl sites for hydroxylation is 2. The highest BCUT2D eigenvalue weighted by Gasteiger charge is 2.23. The third kappa shape index (κ3) is 4.32. The lowest BCUT2D eigenvalue weighted by atomic mass is 10.1. The third-order valence-corrected chi connectivity index (χ3v) is 8.73. The SMILES string of the molecule is CN(C)S(=O)(=O)c1ccc(Cl)c(C(=O)OCc2nc(N)c3c4c(sc3n2)CCCCC4)c1. The number of carbonyl (C=O) groups is 1. The van der Waals surface area contributed by atoms with Crippen molar-refractivity contribution in [3.05, 3.63) is 45.1 Å². The van der Waals surface area contributed by atoms with E-state index in [0.717, 1.165) is 40.2 Å². The van der Waals surface area contributed by atoms with Gasteiger partial charge in [-0.3, -0.25) is 0 Å². The number of fused-ring (bicyclic) bond motifs is 3. The number of benzene rings is 1. The normalized spacial score (nSPS) is 14.4. The summed E-state index contributed by atoms with van der Waals surface area (Å²) in [4.78, 5) is 23.6. The van der Waals surface area contributed by atoms with E-state index in [0.29, 0.717) is 5.82 Å². The summed E-state index contributed by atoms with van der Waals surface area (Å²) in [6, 6.07) is 3.90. The van der Waals surface area contributed by atoms with E-state index in [9.17, 15) is 13.2 Å². The molecule has 0 radical (unpaired) electrons. The third-order valence-electron chi connectivity index (χ3n) is 5.41. The first kappa shape index (κ1) is 22.9. The number of ether oxygens (including phenoxy) is 1. The smallest absolute Gasteiger partial charge is 0.340 e. The van der Waals surface area contributed by atoms with Crippen molar-refractivity contribution >= 4 is 55.0 Å². The molecular weight excluding hydrogens is 472 g/mol. The maximum atomic E-state index is 12.6. The minimum absolute atomic E-state index is 0.0496. The van der Waals surface area contributed by atoms with Crippen LogP contribution in [0.25, 0.3) is 10.2 Å². The van der Waals surface area contributed by atoms with Gasteiger partial charge in [0.1, 0.15) is 10.6 Å². The minimum Gasteiger partial charge on any atom is -0.454 e. The summed E-state index contributed by atoms with van der Waals surface area (Å²) in [5, 5.41) is 0.997. The summed E-state index contributed by atoms with van der Waals surface area (Å²) in [6.45, 7) is -0.206. The van der Waals surface area contributed by atoms with Crippen molar-refractivity contribution in [2.24, 2.45) is 0 Å². The van der Waals surface area contributed by atoms with Crippen LogP contribution >= 0.6 is 22.9 Å². The molecule has 0 bridgehead atoms. The van der Waals surface area contributed by atoms with Gasteiger partial charge in [0.15, 0.2) is 12.4 Å². The molecule has 32 heavy (non-hydrogen) atoms. The van der Waals surface area contributed by atoms with Gasteiger partial charge in [0, 0.05) is 19.0 Å². The molecule has 0 aliphatic heterocycles. The number of hydrogen-bond donors (Lipinski definition) is 1. The Balaban J connectivity index is 1.57. The van der Waals surface area contributed by atoms with Crippen LogP contribution in [-0.2, 0) is 34.2 Å². The Morgan fingerprint density at radius 2 is 1.97 bits per heavy atom. The van der Waals surface area contributed by atoms with Crippen LogP contribution in [0.2, 0.25) is 5.02 Å². The maximum Gasteiger partial charge on any atom is 0.340 e. The Hall–Kier alpha value is -2.27. The molecule has 2 aromatic heterocycles. The van der Waals surface area contributed by atoms with Crippen molar-refractivity contribution < 1.29 is 17.9 Å². The maximum absolute atomic E-state index is 12.6. The molecular formula is C21H23ClN4O4S2. The molecule has 1 aromatic carbocycles. The van der Waals surface area contributed by atoms with Gasteiger partial charge in [0.2, 0.25) is 10.0 Å². The van der Waals surface area contributed by atoms with Crippen LogP contribution < -0.4 is 5.73 Å². The minimum atomic E-state index is -3.72. The zero-order valence-electron chi connectivity index (χ0n) is 17.7. The van der Waals surface area contributed by atoms with E-state index in [1.165, 1.54) is 49.2 Å². The van der Waals surface area contributed by atoms with Crippen molar-refractivity contribution in [3.63, 3.8) is 0 Å². The Morgan fingerprint density at radius 1 is 1.22 bits per heavy atom. The van der Waals surface area contributed by atoms with E-state index in [1.807, 2.05) is 0 Å². The highest BCUT2D eigenvalue weighted by molar-refractivity contribution is 7.89. The molecule has 0 amide bonds. The molecule has 4 rings (SSSR count). The first-order valence-corrected chi connectivity index (χ1v) is 12.8. The lowest BCUT2D eigenvalue weighted by Crippen LogP contribution is -2.22. The van der Waals surface area contributed by atoms with Crippen LogP contribution in [0.15, 0.2) is 23.1 Å². The second-order valence-corrected chi connectivity index (χ2v) is 11.4. The van der Waals surface area contributed by atoms with Gasteiger partial charge < -0.3 is 10.5 Å². The zero-order valence-corrected chi connectivity index (χ0v) is 20.1. The highest BCUT2D eigenvalue weighted by atomic mass is 35.5. The number of nitrogen functional groups attached to an aromatic ring is 1. The average Bonchev–Trinajstić information content (AvgIpc) is 2.94. The summed E-state index contributed by atoms with van der Waals surface area (Å²) in [5.74, 6) is -0.0967. The van der Waals surface area contributed by atoms with Crippen molar-refractivity contribution in [1.29, 1.82) is 0 Å². The molecule has 0 saturated carbocycles. The number of nitrogens with two attached hydrogens (primary N) is 1. The lowest BCUT2D eigenvalue weighted by molar-refractivity contribution is 0.0462. The number of halogens is 1. The van der Waals surface area contributed by atoms with Gasteiger partial charge in [-0.2, -0.15) is 0 Å². The molecule has 2 N–H and O–H groups in total. The van der Waals surface area contributed by atoms with Crippen molar-refractivity contribution in [2.45, 2.75) is 43.6 Å². The summed E-state index contributed by atoms with van der Waals surface area (Å²) in [7, 11) is -0.911. The summed E-state index contributed by atoms with van der Waals surface area (Å²) in [6.07, 6.45) is 5.48. The quantitative estimate of drug-likeness (QED) is 0.423. The number of nitrogens with zero attached hydrogens (tertiary/aromatic N) is 3. The fourth-order valence-electron chi connectivity index (χ4n) is 3.71. The standard InChI is InChI=1S/C21H23ClN4O4S2/c1-26(2)32(28,29)12-8-9-15(22)14(10-12)21(27)30-11-17-24-19(23)18-13-6-4-3-5-7-16(13)31-20(18)25-17/h8-10H,3-7,11H2,1-2H3,(H2,23,24,25). The topological polar surface area (TPSA) is 115 Å². The zero-order chi connectivity index (χ0) is 23.0. The van der Waals surface area contributed by atoms with Crippen molar-refractivity contribution in [3.8, 4) is 0 Å². The average molecular weight is 495 g/mol. The molecule has 0 saturated heterocycles. The first-order valence-electron chi connectivity index (χ1n) is 10.1. The van der Waals surface area contributed by atoms with E-state index < -0.39 is 16.0 Å². The highest BCUT2D eigenvalue weighted by Crippen LogP contribution is 2.37. The molecule has 11 heteroatoms. The Bertz CT molecular complexity index is 1300. The van der Waals surface area contributed by atoms with E-state index >= 15 is 0 Å². The van der Waals surface area contributed by atoms with E-state index in [1.54, 1.807) is 11.3 Å². The number of anilines is 1. The number of carbonyl (C=O) groups excluding carboxylic acids is 1. The number of aromatic nitrogens is 2. The van der Waals surface area contributed by atoms with Gasteiger partial charge in [-0.25, -0.2) is 27.5 Å². The molecule has 170 valence electrons. The van der Waals surface area contributed by atoms with E-state index in [2.05, 4.69) is 9.97 Å². The summed E-state index contributed by atoms with van der Waals surface area (Å²) < 4.78 is 31.1. The molecule has 0 atom stereocenters. The Morgan fingerprint density at radius 3 is 2.72 bits per heavy atom. The van der Waals surface area contributed by atoms with E-state index in [4.69, 9.17) is 22.1 Å². The first-order chi connectivity index (χ1) is 15.2. The molecule has 1 aliphatic rings. The predicted molar refractivity (Wildman–Crippen MR) is 125 cm³/mol. The van der Waals surface area contributed by atoms with Crippen LogP contribution in [0.5, 0.6) is 0 Å². The molecule has 1 aliphatic carbocycles. The van der Waals surface area contributed by atoms with Crippen molar-refractivity contribution in [2.75, 3.05) is 19.8 Å². The second kappa shape index (κ2) is 8.93. The fraction of sp³-hybridized carbons (Fsp3) is 0.381. The molecule has 0 unspecified atom stereocenters. The Labute approximate surface area is 195 Å². The van der Waals surface area contributed by atoms with Crippen LogP contribution in [0.1, 0.15) is 45.9 Å². The Kier molecular flexibility index (Phi) is 6.39. The fourth-order valence-corrected chi connectivity index (χ4v) is 6.12. The van der Waals surface area contributed by atoms with E-state index in [-0.39, 0.29) is 27.9 Å². The van der Waals surface area contributed by atoms with Gasteiger partial charge in [-0.1, -0.05) is 18.0 Å². The number of sulfonamides is 1. The lowest BCUT2D eigenvalue weighted by Gasteiger charge is -2.13. The van der Waals surface area contributed by atoms with Gasteiger partial charge >= 0.3 is 5.97 Å². The van der Waals surface area contributed by atoms with Gasteiger partial charge in [-0.15, -0.1) is 11.3 Å². The van der Waals surface area contributed by atoms with Gasteiger partial charge in [0.25, 0.3) is 0 Å².